The average molecular weight is 491 g/mol. The van der Waals surface area contributed by atoms with Crippen molar-refractivity contribution in [2.24, 2.45) is 5.73 Å². The molecule has 0 saturated heterocycles. The molecule has 9 nitrogen and oxygen atoms in total. The molecular formula is C27H34N6O3. The minimum atomic E-state index is -0.952. The topological polar surface area (TPSA) is 141 Å². The minimum Gasteiger partial charge on any atom is -0.389 e. The number of nitrogens with two attached hydrogens (primary N) is 2. The molecule has 2 aromatic carbocycles. The predicted molar refractivity (Wildman–Crippen MR) is 142 cm³/mol. The molecule has 0 spiro atoms. The van der Waals surface area contributed by atoms with Crippen molar-refractivity contribution >= 4 is 33.7 Å². The highest BCUT2D eigenvalue weighted by atomic mass is 16.5. The van der Waals surface area contributed by atoms with Gasteiger partial charge in [0.05, 0.1) is 23.2 Å². The number of ether oxygens (including phenoxy) is 1. The Morgan fingerprint density at radius 3 is 2.53 bits per heavy atom. The largest absolute Gasteiger partial charge is 0.389 e. The molecule has 4 rings (SSSR count). The lowest BCUT2D eigenvalue weighted by molar-refractivity contribution is 0.0582. The molecule has 0 aliphatic carbocycles. The highest BCUT2D eigenvalue weighted by Crippen LogP contribution is 2.31. The molecule has 0 unspecified atom stereocenters. The molecule has 6 N–H and O–H groups in total. The number of rotatable bonds is 10. The van der Waals surface area contributed by atoms with Crippen LogP contribution in [-0.2, 0) is 24.3 Å². The van der Waals surface area contributed by atoms with Crippen LogP contribution in [0, 0.1) is 0 Å². The van der Waals surface area contributed by atoms with Crippen molar-refractivity contribution in [3.05, 3.63) is 65.0 Å². The van der Waals surface area contributed by atoms with E-state index in [0.717, 1.165) is 27.5 Å². The number of hydrogen-bond donors (Lipinski definition) is 4. The maximum absolute atomic E-state index is 12.1. The highest BCUT2D eigenvalue weighted by Gasteiger charge is 2.22. The molecule has 0 fully saturated rings. The molecule has 0 radical (unpaired) electrons. The number of hydrogen-bond acceptors (Lipinski definition) is 7. The molecule has 0 atom stereocenters. The van der Waals surface area contributed by atoms with E-state index >= 15 is 0 Å². The fraction of sp³-hybridized carbons (Fsp3) is 0.370. The molecule has 0 saturated carbocycles. The summed E-state index contributed by atoms with van der Waals surface area (Å²) < 4.78 is 7.61. The van der Waals surface area contributed by atoms with Crippen LogP contribution in [0.3, 0.4) is 0 Å². The molecule has 0 aliphatic heterocycles. The lowest BCUT2D eigenvalue weighted by Gasteiger charge is -2.20. The van der Waals surface area contributed by atoms with Gasteiger partial charge in [0, 0.05) is 30.6 Å². The van der Waals surface area contributed by atoms with Crippen LogP contribution in [-0.4, -0.2) is 50.8 Å². The van der Waals surface area contributed by atoms with Crippen molar-refractivity contribution in [1.82, 2.24) is 19.9 Å². The number of nitrogens with zero attached hydrogens (tertiary/aromatic N) is 3. The molecule has 2 heterocycles. The van der Waals surface area contributed by atoms with Gasteiger partial charge in [-0.3, -0.25) is 4.79 Å². The number of fused-ring (bicyclic) bond motifs is 3. The van der Waals surface area contributed by atoms with E-state index in [1.807, 2.05) is 47.9 Å². The molecule has 0 bridgehead atoms. The average Bonchev–Trinajstić information content (AvgIpc) is 3.19. The van der Waals surface area contributed by atoms with E-state index in [1.165, 1.54) is 0 Å². The summed E-state index contributed by atoms with van der Waals surface area (Å²) in [6.07, 6.45) is 0.679. The number of pyridine rings is 1. The second-order valence-corrected chi connectivity index (χ2v) is 9.53. The zero-order valence-electron chi connectivity index (χ0n) is 21.0. The Labute approximate surface area is 210 Å². The van der Waals surface area contributed by atoms with Gasteiger partial charge in [0.15, 0.2) is 5.82 Å². The smallest absolute Gasteiger partial charge is 0.251 e. The number of aromatic nitrogens is 3. The van der Waals surface area contributed by atoms with E-state index in [4.69, 9.17) is 21.2 Å². The van der Waals surface area contributed by atoms with E-state index in [1.54, 1.807) is 13.8 Å². The normalized spacial score (nSPS) is 11.9. The number of amides is 1. The molecule has 0 aliphatic rings. The van der Waals surface area contributed by atoms with Crippen molar-refractivity contribution < 1.29 is 14.6 Å². The van der Waals surface area contributed by atoms with Crippen LogP contribution in [0.25, 0.3) is 21.9 Å². The number of imidazole rings is 1. The van der Waals surface area contributed by atoms with E-state index in [2.05, 4.69) is 16.4 Å². The molecule has 36 heavy (non-hydrogen) atoms. The number of aliphatic hydroxyl groups is 1. The third-order valence-electron chi connectivity index (χ3n) is 5.88. The molecule has 190 valence electrons. The maximum atomic E-state index is 12.1. The Kier molecular flexibility index (Phi) is 7.53. The van der Waals surface area contributed by atoms with E-state index in [9.17, 15) is 9.90 Å². The summed E-state index contributed by atoms with van der Waals surface area (Å²) >= 11 is 0. The van der Waals surface area contributed by atoms with Gasteiger partial charge in [-0.15, -0.1) is 0 Å². The van der Waals surface area contributed by atoms with Gasteiger partial charge in [0.25, 0.3) is 5.91 Å². The van der Waals surface area contributed by atoms with Crippen molar-refractivity contribution in [2.75, 3.05) is 25.4 Å². The van der Waals surface area contributed by atoms with Gasteiger partial charge in [-0.2, -0.15) is 0 Å². The third kappa shape index (κ3) is 5.64. The van der Waals surface area contributed by atoms with E-state index in [0.29, 0.717) is 62.0 Å². The van der Waals surface area contributed by atoms with Gasteiger partial charge >= 0.3 is 0 Å². The molecule has 9 heteroatoms. The van der Waals surface area contributed by atoms with Crippen molar-refractivity contribution in [3.63, 3.8) is 0 Å². The first-order valence-corrected chi connectivity index (χ1v) is 12.1. The van der Waals surface area contributed by atoms with Crippen LogP contribution >= 0.6 is 0 Å². The first kappa shape index (κ1) is 25.6. The summed E-state index contributed by atoms with van der Waals surface area (Å²) in [5, 5.41) is 14.3. The number of anilines is 1. The fourth-order valence-corrected chi connectivity index (χ4v) is 4.27. The monoisotopic (exact) mass is 490 g/mol. The Bertz CT molecular complexity index is 1370. The van der Waals surface area contributed by atoms with Crippen molar-refractivity contribution in [3.8, 4) is 0 Å². The summed E-state index contributed by atoms with van der Waals surface area (Å²) in [6, 6.07) is 13.6. The van der Waals surface area contributed by atoms with Gasteiger partial charge in [-0.1, -0.05) is 24.3 Å². The maximum Gasteiger partial charge on any atom is 0.251 e. The zero-order chi connectivity index (χ0) is 25.9. The molecule has 1 amide bonds. The van der Waals surface area contributed by atoms with Crippen LogP contribution in [0.1, 0.15) is 48.1 Å². The van der Waals surface area contributed by atoms with Crippen LogP contribution in [0.5, 0.6) is 0 Å². The second-order valence-electron chi connectivity index (χ2n) is 9.53. The first-order chi connectivity index (χ1) is 17.2. The summed E-state index contributed by atoms with van der Waals surface area (Å²) in [5.74, 6) is 0.914. The number of nitrogen functional groups attached to an aromatic ring is 1. The molecule has 2 aromatic heterocycles. The summed E-state index contributed by atoms with van der Waals surface area (Å²) in [5.41, 5.74) is 15.8. The molecule has 4 aromatic rings. The second kappa shape index (κ2) is 10.6. The van der Waals surface area contributed by atoms with Crippen LogP contribution in [0.15, 0.2) is 42.5 Å². The Balaban J connectivity index is 1.69. The lowest BCUT2D eigenvalue weighted by Crippen LogP contribution is -2.28. The first-order valence-electron chi connectivity index (χ1n) is 12.1. The van der Waals surface area contributed by atoms with Gasteiger partial charge in [-0.25, -0.2) is 9.97 Å². The van der Waals surface area contributed by atoms with Crippen molar-refractivity contribution in [2.45, 2.75) is 45.9 Å². The van der Waals surface area contributed by atoms with Gasteiger partial charge < -0.3 is 31.2 Å². The van der Waals surface area contributed by atoms with Crippen molar-refractivity contribution in [1.29, 1.82) is 0 Å². The summed E-state index contributed by atoms with van der Waals surface area (Å²) in [6.45, 7) is 7.54. The highest BCUT2D eigenvalue weighted by molar-refractivity contribution is 6.06. The Morgan fingerprint density at radius 2 is 1.86 bits per heavy atom. The SMILES string of the molecule is CCOCc1nc2c(N)nc3cc(Cc4ccc(C(=O)NCCN)cc4)ccc3c2n1CC(C)(C)O. The summed E-state index contributed by atoms with van der Waals surface area (Å²) in [7, 11) is 0. The van der Waals surface area contributed by atoms with E-state index in [-0.39, 0.29) is 5.91 Å². The Morgan fingerprint density at radius 1 is 1.14 bits per heavy atom. The van der Waals surface area contributed by atoms with E-state index < -0.39 is 5.60 Å². The van der Waals surface area contributed by atoms with Crippen LogP contribution in [0.2, 0.25) is 0 Å². The molecular weight excluding hydrogens is 456 g/mol. The standard InChI is InChI=1S/C27H34N6O3/c1-4-36-15-22-32-23-24(33(22)16-27(2,3)35)20-10-7-18(14-21(20)31-25(23)29)13-17-5-8-19(9-6-17)26(34)30-12-11-28/h5-10,14,35H,4,11-13,15-16,28H2,1-3H3,(H2,29,31)(H,30,34). The quantitative estimate of drug-likeness (QED) is 0.268. The third-order valence-corrected chi connectivity index (χ3v) is 5.88. The van der Waals surface area contributed by atoms with Gasteiger partial charge in [0.2, 0.25) is 0 Å². The van der Waals surface area contributed by atoms with Crippen LogP contribution in [0.4, 0.5) is 5.82 Å². The van der Waals surface area contributed by atoms with Gasteiger partial charge in [-0.05, 0) is 56.5 Å². The minimum absolute atomic E-state index is 0.132. The number of benzene rings is 2. The number of nitrogens with one attached hydrogen (secondary N) is 1. The van der Waals surface area contributed by atoms with Crippen LogP contribution < -0.4 is 16.8 Å². The number of carbonyl (C=O) groups excluding carboxylic acids is 1. The Hall–Kier alpha value is -3.53. The fourth-order valence-electron chi connectivity index (χ4n) is 4.27. The predicted octanol–water partition coefficient (Wildman–Crippen LogP) is 2.75. The zero-order valence-corrected chi connectivity index (χ0v) is 21.0. The summed E-state index contributed by atoms with van der Waals surface area (Å²) in [4.78, 5) is 21.5. The number of carbonyl (C=O) groups is 1. The van der Waals surface area contributed by atoms with Gasteiger partial charge in [0.1, 0.15) is 17.9 Å². The lowest BCUT2D eigenvalue weighted by atomic mass is 10.0.